The first kappa shape index (κ1) is 25.5. The van der Waals surface area contributed by atoms with Crippen molar-refractivity contribution in [3.8, 4) is 5.75 Å². The Kier molecular flexibility index (Phi) is 9.27. The van der Waals surface area contributed by atoms with Gasteiger partial charge in [0.05, 0.1) is 19.6 Å². The summed E-state index contributed by atoms with van der Waals surface area (Å²) >= 11 is 1.85. The molecule has 0 radical (unpaired) electrons. The Morgan fingerprint density at radius 3 is 2.59 bits per heavy atom. The van der Waals surface area contributed by atoms with E-state index in [2.05, 4.69) is 23.8 Å². The van der Waals surface area contributed by atoms with E-state index < -0.39 is 5.97 Å². The van der Waals surface area contributed by atoms with E-state index in [0.29, 0.717) is 5.56 Å². The molecule has 0 saturated carbocycles. The number of carboxylic acid groups (broad SMARTS) is 1. The van der Waals surface area contributed by atoms with Crippen LogP contribution in [-0.4, -0.2) is 42.6 Å². The summed E-state index contributed by atoms with van der Waals surface area (Å²) < 4.78 is 11.7. The van der Waals surface area contributed by atoms with E-state index in [-0.39, 0.29) is 24.9 Å². The van der Waals surface area contributed by atoms with E-state index in [1.54, 1.807) is 19.2 Å². The molecule has 0 bridgehead atoms. The Morgan fingerprint density at radius 2 is 1.91 bits per heavy atom. The van der Waals surface area contributed by atoms with Gasteiger partial charge in [0.2, 0.25) is 0 Å². The number of furan rings is 1. The van der Waals surface area contributed by atoms with Crippen LogP contribution in [0.2, 0.25) is 0 Å². The van der Waals surface area contributed by atoms with E-state index in [4.69, 9.17) is 14.3 Å². The number of thioether (sulfide) groups is 1. The smallest absolute Gasteiger partial charge is 0.305 e. The zero-order chi connectivity index (χ0) is 24.5. The SMILES string of the molecule is COc1ccc2oc(C(CCCCSC)Nc3ccc(C(=O)NCCC(=O)O)cc3)c(C)c2c1. The molecule has 0 fully saturated rings. The van der Waals surface area contributed by atoms with Crippen LogP contribution in [0.5, 0.6) is 5.75 Å². The van der Waals surface area contributed by atoms with Crippen LogP contribution in [0.15, 0.2) is 46.9 Å². The highest BCUT2D eigenvalue weighted by Crippen LogP contribution is 2.35. The van der Waals surface area contributed by atoms with Crippen molar-refractivity contribution < 1.29 is 23.8 Å². The normalized spacial score (nSPS) is 11.9. The van der Waals surface area contributed by atoms with Gasteiger partial charge >= 0.3 is 5.97 Å². The first-order chi connectivity index (χ1) is 16.4. The summed E-state index contributed by atoms with van der Waals surface area (Å²) in [5.74, 6) is 1.59. The minimum absolute atomic E-state index is 0.0181. The van der Waals surface area contributed by atoms with E-state index in [0.717, 1.165) is 58.7 Å². The maximum absolute atomic E-state index is 12.2. The lowest BCUT2D eigenvalue weighted by Gasteiger charge is -2.19. The fourth-order valence-corrected chi connectivity index (χ4v) is 4.34. The van der Waals surface area contributed by atoms with E-state index >= 15 is 0 Å². The molecule has 0 saturated heterocycles. The largest absolute Gasteiger partial charge is 0.497 e. The third-order valence-electron chi connectivity index (χ3n) is 5.70. The van der Waals surface area contributed by atoms with Gasteiger partial charge in [-0.15, -0.1) is 0 Å². The number of hydrogen-bond donors (Lipinski definition) is 3. The lowest BCUT2D eigenvalue weighted by Crippen LogP contribution is -2.25. The van der Waals surface area contributed by atoms with Crippen molar-refractivity contribution in [2.24, 2.45) is 0 Å². The molecule has 7 nitrogen and oxygen atoms in total. The number of carbonyl (C=O) groups excluding carboxylic acids is 1. The molecule has 3 aromatic rings. The molecule has 34 heavy (non-hydrogen) atoms. The summed E-state index contributed by atoms with van der Waals surface area (Å²) in [6.07, 6.45) is 5.11. The molecule has 0 aliphatic heterocycles. The number of fused-ring (bicyclic) bond motifs is 1. The van der Waals surface area contributed by atoms with Crippen LogP contribution >= 0.6 is 11.8 Å². The van der Waals surface area contributed by atoms with Crippen molar-refractivity contribution in [2.75, 3.05) is 31.0 Å². The number of aliphatic carboxylic acids is 1. The van der Waals surface area contributed by atoms with E-state index in [1.807, 2.05) is 42.1 Å². The van der Waals surface area contributed by atoms with Crippen molar-refractivity contribution in [1.29, 1.82) is 0 Å². The molecule has 1 aromatic heterocycles. The molecule has 8 heteroatoms. The Balaban J connectivity index is 1.77. The Bertz CT molecular complexity index is 1110. The Labute approximate surface area is 204 Å². The number of unbranched alkanes of at least 4 members (excludes halogenated alkanes) is 1. The van der Waals surface area contributed by atoms with Gasteiger partial charge in [0, 0.05) is 28.7 Å². The average molecular weight is 485 g/mol. The summed E-state index contributed by atoms with van der Waals surface area (Å²) in [6.45, 7) is 2.17. The first-order valence-electron chi connectivity index (χ1n) is 11.4. The van der Waals surface area contributed by atoms with Gasteiger partial charge in [-0.3, -0.25) is 9.59 Å². The van der Waals surface area contributed by atoms with Gasteiger partial charge in [-0.25, -0.2) is 0 Å². The topological polar surface area (TPSA) is 101 Å². The molecule has 182 valence electrons. The number of hydrogen-bond acceptors (Lipinski definition) is 6. The maximum Gasteiger partial charge on any atom is 0.305 e. The fraction of sp³-hybridized carbons (Fsp3) is 0.385. The van der Waals surface area contributed by atoms with Gasteiger partial charge in [0.15, 0.2) is 0 Å². The highest BCUT2D eigenvalue weighted by molar-refractivity contribution is 7.98. The van der Waals surface area contributed by atoms with Crippen molar-refractivity contribution in [2.45, 2.75) is 38.6 Å². The second-order valence-electron chi connectivity index (χ2n) is 8.12. The lowest BCUT2D eigenvalue weighted by molar-refractivity contribution is -0.136. The quantitative estimate of drug-likeness (QED) is 0.270. The van der Waals surface area contributed by atoms with Crippen LogP contribution in [-0.2, 0) is 4.79 Å². The maximum atomic E-state index is 12.2. The summed E-state index contributed by atoms with van der Waals surface area (Å²) in [4.78, 5) is 22.9. The number of nitrogens with one attached hydrogen (secondary N) is 2. The monoisotopic (exact) mass is 484 g/mol. The summed E-state index contributed by atoms with van der Waals surface area (Å²) in [5, 5.41) is 16.0. The van der Waals surface area contributed by atoms with E-state index in [1.165, 1.54) is 0 Å². The number of carboxylic acids is 1. The van der Waals surface area contributed by atoms with Crippen LogP contribution in [0.25, 0.3) is 11.0 Å². The van der Waals surface area contributed by atoms with Crippen LogP contribution in [0.4, 0.5) is 5.69 Å². The standard InChI is InChI=1S/C26H32N2O5S/c1-17-21-16-20(32-2)11-12-23(21)33-25(17)22(6-4-5-15-34-3)28-19-9-7-18(8-10-19)26(31)27-14-13-24(29)30/h7-12,16,22,28H,4-6,13-15H2,1-3H3,(H,27,31)(H,29,30). The minimum Gasteiger partial charge on any atom is -0.497 e. The van der Waals surface area contributed by atoms with Gasteiger partial charge in [0.25, 0.3) is 5.91 Å². The molecule has 3 N–H and O–H groups in total. The second kappa shape index (κ2) is 12.4. The third-order valence-corrected chi connectivity index (χ3v) is 6.40. The third kappa shape index (κ3) is 6.70. The number of benzene rings is 2. The minimum atomic E-state index is -0.942. The lowest BCUT2D eigenvalue weighted by atomic mass is 10.0. The summed E-state index contributed by atoms with van der Waals surface area (Å²) in [6, 6.07) is 13.0. The predicted molar refractivity (Wildman–Crippen MR) is 137 cm³/mol. The number of carbonyl (C=O) groups is 2. The molecular weight excluding hydrogens is 452 g/mol. The zero-order valence-electron chi connectivity index (χ0n) is 19.8. The number of aryl methyl sites for hydroxylation is 1. The van der Waals surface area contributed by atoms with Crippen LogP contribution in [0.3, 0.4) is 0 Å². The highest BCUT2D eigenvalue weighted by atomic mass is 32.2. The van der Waals surface area contributed by atoms with Gasteiger partial charge in [-0.1, -0.05) is 6.42 Å². The molecule has 2 aromatic carbocycles. The zero-order valence-corrected chi connectivity index (χ0v) is 20.7. The molecule has 1 heterocycles. The average Bonchev–Trinajstić information content (AvgIpc) is 3.16. The Morgan fingerprint density at radius 1 is 1.15 bits per heavy atom. The van der Waals surface area contributed by atoms with Crippen molar-refractivity contribution in [3.63, 3.8) is 0 Å². The molecule has 3 rings (SSSR count). The molecule has 0 aliphatic rings. The first-order valence-corrected chi connectivity index (χ1v) is 12.7. The van der Waals surface area contributed by atoms with Gasteiger partial charge in [-0.05, 0) is 74.2 Å². The van der Waals surface area contributed by atoms with Gasteiger partial charge in [0.1, 0.15) is 17.1 Å². The molecule has 1 atom stereocenters. The van der Waals surface area contributed by atoms with Crippen LogP contribution in [0.1, 0.15) is 53.4 Å². The fourth-order valence-electron chi connectivity index (χ4n) is 3.85. The van der Waals surface area contributed by atoms with Crippen molar-refractivity contribution in [1.82, 2.24) is 5.32 Å². The molecule has 1 amide bonds. The predicted octanol–water partition coefficient (Wildman–Crippen LogP) is 5.64. The molecule has 0 spiro atoms. The molecular formula is C26H32N2O5S. The number of methoxy groups -OCH3 is 1. The van der Waals surface area contributed by atoms with Crippen LogP contribution in [0, 0.1) is 6.92 Å². The number of rotatable bonds is 13. The van der Waals surface area contributed by atoms with Crippen molar-refractivity contribution in [3.05, 3.63) is 59.4 Å². The van der Waals surface area contributed by atoms with E-state index in [9.17, 15) is 9.59 Å². The van der Waals surface area contributed by atoms with Gasteiger partial charge in [-0.2, -0.15) is 11.8 Å². The Hall–Kier alpha value is -3.13. The number of amides is 1. The highest BCUT2D eigenvalue weighted by Gasteiger charge is 2.21. The van der Waals surface area contributed by atoms with Crippen molar-refractivity contribution >= 4 is 40.3 Å². The number of ether oxygens (including phenoxy) is 1. The summed E-state index contributed by atoms with van der Waals surface area (Å²) in [5.41, 5.74) is 3.29. The molecule has 0 aliphatic carbocycles. The number of anilines is 1. The second-order valence-corrected chi connectivity index (χ2v) is 9.10. The van der Waals surface area contributed by atoms with Crippen LogP contribution < -0.4 is 15.4 Å². The molecule has 1 unspecified atom stereocenters. The van der Waals surface area contributed by atoms with Gasteiger partial charge < -0.3 is 24.9 Å². The summed E-state index contributed by atoms with van der Waals surface area (Å²) in [7, 11) is 1.66.